The van der Waals surface area contributed by atoms with E-state index in [1.165, 1.54) is 56.3 Å². The standard InChI is InChI=1S/C33H61N5O2/c1-8-35-31(40)38(21-9-20-37(6)7)30(39)23(2)27-12-13-28-26-11-10-24-22-25(36-19-18-34-5)14-16-32(24,3)29(26)15-17-33(27,28)4/h23-29,34,36H,8-22H2,1-7H3,(H,35,40)/t23?,24-,25+,26?,27+,28?,29?,32-,33+/m0/s1. The van der Waals surface area contributed by atoms with Gasteiger partial charge in [0, 0.05) is 38.1 Å². The Bertz CT molecular complexity index is 866. The van der Waals surface area contributed by atoms with E-state index in [1.54, 1.807) is 0 Å². The molecule has 4 aliphatic carbocycles. The molecule has 0 aromatic carbocycles. The third-order valence-electron chi connectivity index (χ3n) is 12.4. The lowest BCUT2D eigenvalue weighted by Crippen LogP contribution is -2.56. The summed E-state index contributed by atoms with van der Waals surface area (Å²) in [7, 11) is 6.12. The Kier molecular flexibility index (Phi) is 10.6. The summed E-state index contributed by atoms with van der Waals surface area (Å²) in [4.78, 5) is 30.6. The number of likely N-dealkylation sites (N-methyl/N-ethyl adjacent to an activating group) is 1. The normalized spacial score (nSPS) is 37.8. The predicted octanol–water partition coefficient (Wildman–Crippen LogP) is 4.97. The molecular weight excluding hydrogens is 498 g/mol. The summed E-state index contributed by atoms with van der Waals surface area (Å²) in [5.74, 6) is 3.52. The minimum atomic E-state index is -0.219. The van der Waals surface area contributed by atoms with Crippen LogP contribution in [0, 0.1) is 46.3 Å². The Morgan fingerprint density at radius 2 is 1.65 bits per heavy atom. The summed E-state index contributed by atoms with van der Waals surface area (Å²) < 4.78 is 0. The van der Waals surface area contributed by atoms with Gasteiger partial charge < -0.3 is 20.9 Å². The molecule has 40 heavy (non-hydrogen) atoms. The number of nitrogens with one attached hydrogen (secondary N) is 3. The van der Waals surface area contributed by atoms with E-state index < -0.39 is 0 Å². The smallest absolute Gasteiger partial charge is 0.324 e. The number of carbonyl (C=O) groups is 2. The van der Waals surface area contributed by atoms with Gasteiger partial charge in [-0.25, -0.2) is 4.79 Å². The summed E-state index contributed by atoms with van der Waals surface area (Å²) >= 11 is 0. The predicted molar refractivity (Wildman–Crippen MR) is 164 cm³/mol. The van der Waals surface area contributed by atoms with Crippen molar-refractivity contribution in [3.05, 3.63) is 0 Å². The summed E-state index contributed by atoms with van der Waals surface area (Å²) in [6.45, 7) is 13.3. The van der Waals surface area contributed by atoms with Gasteiger partial charge in [0.1, 0.15) is 0 Å². The number of carbonyl (C=O) groups excluding carboxylic acids is 2. The van der Waals surface area contributed by atoms with Gasteiger partial charge >= 0.3 is 6.03 Å². The Labute approximate surface area is 245 Å². The second-order valence-electron chi connectivity index (χ2n) is 14.7. The third-order valence-corrected chi connectivity index (χ3v) is 12.4. The molecule has 0 heterocycles. The maximum Gasteiger partial charge on any atom is 0.324 e. The van der Waals surface area contributed by atoms with Crippen LogP contribution in [0.4, 0.5) is 4.79 Å². The zero-order valence-corrected chi connectivity index (χ0v) is 26.9. The van der Waals surface area contributed by atoms with Crippen molar-refractivity contribution in [3.63, 3.8) is 0 Å². The highest BCUT2D eigenvalue weighted by Gasteiger charge is 2.61. The molecule has 0 aromatic heterocycles. The molecule has 4 aliphatic rings. The van der Waals surface area contributed by atoms with Crippen molar-refractivity contribution in [3.8, 4) is 0 Å². The maximum absolute atomic E-state index is 13.9. The van der Waals surface area contributed by atoms with Gasteiger partial charge in [-0.1, -0.05) is 20.8 Å². The summed E-state index contributed by atoms with van der Waals surface area (Å²) in [5.41, 5.74) is 0.689. The van der Waals surface area contributed by atoms with E-state index in [4.69, 9.17) is 0 Å². The van der Waals surface area contributed by atoms with E-state index in [0.29, 0.717) is 30.5 Å². The number of urea groups is 1. The molecule has 9 atom stereocenters. The van der Waals surface area contributed by atoms with Crippen molar-refractivity contribution in [2.45, 2.75) is 97.9 Å². The van der Waals surface area contributed by atoms with E-state index in [1.807, 2.05) is 28.1 Å². The lowest BCUT2D eigenvalue weighted by Gasteiger charge is -2.61. The SMILES string of the molecule is CCNC(=O)N(CCCN(C)C)C(=O)C(C)[C@H]1CCC2C3CC[C@H]4C[C@H](NCCNC)CC[C@]4(C)C3CC[C@@]21C. The lowest BCUT2D eigenvalue weighted by molar-refractivity contribution is -0.140. The first-order chi connectivity index (χ1) is 19.1. The molecule has 3 amide bonds. The summed E-state index contributed by atoms with van der Waals surface area (Å²) in [5, 5.41) is 10.0. The van der Waals surface area contributed by atoms with Crippen molar-refractivity contribution >= 4 is 11.9 Å². The molecule has 0 radical (unpaired) electrons. The first-order valence-electron chi connectivity index (χ1n) is 16.7. The van der Waals surface area contributed by atoms with Crippen LogP contribution in [0.1, 0.15) is 91.9 Å². The first-order valence-corrected chi connectivity index (χ1v) is 16.7. The number of imide groups is 1. The topological polar surface area (TPSA) is 76.7 Å². The van der Waals surface area contributed by atoms with Crippen LogP contribution in [0.3, 0.4) is 0 Å². The van der Waals surface area contributed by atoms with Crippen LogP contribution in [0.15, 0.2) is 0 Å². The number of hydrogen-bond donors (Lipinski definition) is 3. The van der Waals surface area contributed by atoms with Crippen LogP contribution < -0.4 is 16.0 Å². The van der Waals surface area contributed by atoms with Gasteiger partial charge in [0.05, 0.1) is 0 Å². The number of nitrogens with zero attached hydrogens (tertiary/aromatic N) is 2. The quantitative estimate of drug-likeness (QED) is 0.312. The highest BCUT2D eigenvalue weighted by Crippen LogP contribution is 2.68. The Balaban J connectivity index is 1.44. The van der Waals surface area contributed by atoms with Gasteiger partial charge in [-0.2, -0.15) is 0 Å². The minimum Gasteiger partial charge on any atom is -0.338 e. The van der Waals surface area contributed by atoms with Crippen LogP contribution in [-0.4, -0.2) is 81.6 Å². The van der Waals surface area contributed by atoms with E-state index in [0.717, 1.165) is 56.1 Å². The van der Waals surface area contributed by atoms with Crippen molar-refractivity contribution in [2.75, 3.05) is 53.9 Å². The summed E-state index contributed by atoms with van der Waals surface area (Å²) in [6, 6.07) is 0.467. The summed E-state index contributed by atoms with van der Waals surface area (Å²) in [6.07, 6.45) is 12.6. The average Bonchev–Trinajstić information content (AvgIpc) is 3.27. The van der Waals surface area contributed by atoms with Gasteiger partial charge in [0.15, 0.2) is 0 Å². The fraction of sp³-hybridized carbons (Fsp3) is 0.939. The average molecular weight is 560 g/mol. The molecule has 230 valence electrons. The van der Waals surface area contributed by atoms with Gasteiger partial charge in [0.2, 0.25) is 5.91 Å². The minimum absolute atomic E-state index is 0.0402. The molecule has 0 aliphatic heterocycles. The second-order valence-corrected chi connectivity index (χ2v) is 14.7. The lowest BCUT2D eigenvalue weighted by atomic mass is 9.44. The number of fused-ring (bicyclic) bond motifs is 5. The van der Waals surface area contributed by atoms with E-state index >= 15 is 0 Å². The van der Waals surface area contributed by atoms with Gasteiger partial charge in [-0.3, -0.25) is 9.69 Å². The number of hydrogen-bond acceptors (Lipinski definition) is 5. The Hall–Kier alpha value is -1.18. The van der Waals surface area contributed by atoms with Crippen molar-refractivity contribution in [2.24, 2.45) is 46.3 Å². The third kappa shape index (κ3) is 6.27. The monoisotopic (exact) mass is 559 g/mol. The zero-order valence-electron chi connectivity index (χ0n) is 26.9. The van der Waals surface area contributed by atoms with Gasteiger partial charge in [-0.15, -0.1) is 0 Å². The molecule has 4 fully saturated rings. The Morgan fingerprint density at radius 3 is 2.35 bits per heavy atom. The molecule has 0 spiro atoms. The molecule has 3 N–H and O–H groups in total. The van der Waals surface area contributed by atoms with E-state index in [9.17, 15) is 9.59 Å². The van der Waals surface area contributed by atoms with E-state index in [-0.39, 0.29) is 23.3 Å². The van der Waals surface area contributed by atoms with Crippen molar-refractivity contribution in [1.82, 2.24) is 25.8 Å². The highest BCUT2D eigenvalue weighted by atomic mass is 16.2. The molecule has 0 saturated heterocycles. The number of rotatable bonds is 11. The second kappa shape index (κ2) is 13.4. The first kappa shape index (κ1) is 31.7. The van der Waals surface area contributed by atoms with Crippen molar-refractivity contribution < 1.29 is 9.59 Å². The largest absolute Gasteiger partial charge is 0.338 e. The molecule has 7 heteroatoms. The van der Waals surface area contributed by atoms with Crippen molar-refractivity contribution in [1.29, 1.82) is 0 Å². The van der Waals surface area contributed by atoms with Crippen LogP contribution in [0.2, 0.25) is 0 Å². The highest BCUT2D eigenvalue weighted by molar-refractivity contribution is 5.95. The molecule has 4 unspecified atom stereocenters. The van der Waals surface area contributed by atoms with E-state index in [2.05, 4.69) is 41.6 Å². The molecule has 7 nitrogen and oxygen atoms in total. The molecule has 4 rings (SSSR count). The van der Waals surface area contributed by atoms with Gasteiger partial charge in [0.25, 0.3) is 0 Å². The van der Waals surface area contributed by atoms with Gasteiger partial charge in [-0.05, 0) is 139 Å². The van der Waals surface area contributed by atoms with Crippen LogP contribution >= 0.6 is 0 Å². The molecule has 4 saturated carbocycles. The van der Waals surface area contributed by atoms with Crippen LogP contribution in [-0.2, 0) is 4.79 Å². The fourth-order valence-electron chi connectivity index (χ4n) is 10.2. The fourth-order valence-corrected chi connectivity index (χ4v) is 10.2. The maximum atomic E-state index is 13.9. The molecular formula is C33H61N5O2. The Morgan fingerprint density at radius 1 is 0.925 bits per heavy atom. The zero-order chi connectivity index (χ0) is 29.1. The van der Waals surface area contributed by atoms with Crippen LogP contribution in [0.5, 0.6) is 0 Å². The molecule has 0 bridgehead atoms. The van der Waals surface area contributed by atoms with Crippen LogP contribution in [0.25, 0.3) is 0 Å². The number of amides is 3. The molecule has 0 aromatic rings.